The zero-order valence-corrected chi connectivity index (χ0v) is 19.4. The van der Waals surface area contributed by atoms with Gasteiger partial charge in [0.1, 0.15) is 11.4 Å². The summed E-state index contributed by atoms with van der Waals surface area (Å²) in [5.41, 5.74) is 3.81. The Bertz CT molecular complexity index is 1390. The van der Waals surface area contributed by atoms with Gasteiger partial charge in [-0.1, -0.05) is 72.8 Å². The molecule has 1 saturated heterocycles. The minimum Gasteiger partial charge on any atom is -0.496 e. The van der Waals surface area contributed by atoms with Gasteiger partial charge in [0.2, 0.25) is 11.8 Å². The fourth-order valence-corrected chi connectivity index (χ4v) is 6.01. The van der Waals surface area contributed by atoms with E-state index in [-0.39, 0.29) is 29.0 Å². The molecule has 4 atom stereocenters. The first-order valence-electron chi connectivity index (χ1n) is 11.7. The zero-order chi connectivity index (χ0) is 25.0. The summed E-state index contributed by atoms with van der Waals surface area (Å²) in [5, 5.41) is 11.8. The Morgan fingerprint density at radius 3 is 1.83 bits per heavy atom. The molecule has 0 aromatic heterocycles. The fourth-order valence-electron chi connectivity index (χ4n) is 6.01. The van der Waals surface area contributed by atoms with E-state index in [1.54, 1.807) is 0 Å². The summed E-state index contributed by atoms with van der Waals surface area (Å²) >= 11 is 0. The SMILES string of the molecule is COc1ccc(N2C(=O)C3C4C=CC(C4=C(c4ccccc4)c4ccccc4)C3C2=O)c([N+](=O)[O-])c1. The number of benzene rings is 3. The molecule has 6 rings (SSSR count). The van der Waals surface area contributed by atoms with Gasteiger partial charge < -0.3 is 4.74 Å². The highest BCUT2D eigenvalue weighted by Crippen LogP contribution is 2.59. The highest BCUT2D eigenvalue weighted by Gasteiger charge is 2.63. The van der Waals surface area contributed by atoms with E-state index in [0.29, 0.717) is 0 Å². The maximum absolute atomic E-state index is 13.8. The summed E-state index contributed by atoms with van der Waals surface area (Å²) in [5.74, 6) is -2.20. The van der Waals surface area contributed by atoms with Crippen LogP contribution in [-0.4, -0.2) is 23.8 Å². The number of carbonyl (C=O) groups is 2. The molecule has 2 bridgehead atoms. The summed E-state index contributed by atoms with van der Waals surface area (Å²) in [4.78, 5) is 39.7. The number of ether oxygens (including phenoxy) is 1. The third kappa shape index (κ3) is 3.12. The number of anilines is 1. The summed E-state index contributed by atoms with van der Waals surface area (Å²) < 4.78 is 5.11. The number of methoxy groups -OCH3 is 1. The number of hydrogen-bond acceptors (Lipinski definition) is 5. The Kier molecular flexibility index (Phi) is 5.07. The van der Waals surface area contributed by atoms with Crippen LogP contribution in [0.2, 0.25) is 0 Å². The summed E-state index contributed by atoms with van der Waals surface area (Å²) in [7, 11) is 1.41. The Balaban J connectivity index is 1.47. The molecule has 0 radical (unpaired) electrons. The van der Waals surface area contributed by atoms with Crippen LogP contribution in [0, 0.1) is 33.8 Å². The van der Waals surface area contributed by atoms with Crippen LogP contribution in [0.3, 0.4) is 0 Å². The van der Waals surface area contributed by atoms with Crippen LogP contribution in [0.4, 0.5) is 11.4 Å². The van der Waals surface area contributed by atoms with E-state index in [0.717, 1.165) is 27.2 Å². The molecule has 2 fully saturated rings. The number of rotatable bonds is 5. The summed E-state index contributed by atoms with van der Waals surface area (Å²) in [6.07, 6.45) is 4.04. The van der Waals surface area contributed by atoms with Crippen LogP contribution in [-0.2, 0) is 9.59 Å². The molecule has 2 amide bonds. The van der Waals surface area contributed by atoms with Gasteiger partial charge in [0.05, 0.1) is 29.9 Å². The summed E-state index contributed by atoms with van der Waals surface area (Å²) in [6.45, 7) is 0. The molecule has 1 heterocycles. The van der Waals surface area contributed by atoms with E-state index in [4.69, 9.17) is 4.74 Å². The van der Waals surface area contributed by atoms with Crippen molar-refractivity contribution in [1.82, 2.24) is 0 Å². The largest absolute Gasteiger partial charge is 0.496 e. The Morgan fingerprint density at radius 1 is 0.833 bits per heavy atom. The van der Waals surface area contributed by atoms with Crippen LogP contribution in [0.1, 0.15) is 11.1 Å². The van der Waals surface area contributed by atoms with Crippen LogP contribution < -0.4 is 9.64 Å². The maximum Gasteiger partial charge on any atom is 0.297 e. The van der Waals surface area contributed by atoms with Crippen molar-refractivity contribution < 1.29 is 19.2 Å². The maximum atomic E-state index is 13.8. The molecule has 3 aromatic rings. The second kappa shape index (κ2) is 8.30. The minimum atomic E-state index is -0.591. The molecular weight excluding hydrogens is 456 g/mol. The monoisotopic (exact) mass is 478 g/mol. The molecule has 1 saturated carbocycles. The fraction of sp³-hybridized carbons (Fsp3) is 0.172. The molecule has 3 aromatic carbocycles. The predicted molar refractivity (Wildman–Crippen MR) is 134 cm³/mol. The molecule has 36 heavy (non-hydrogen) atoms. The number of carbonyl (C=O) groups excluding carboxylic acids is 2. The van der Waals surface area contributed by atoms with Crippen LogP contribution in [0.5, 0.6) is 5.75 Å². The third-order valence-corrected chi connectivity index (χ3v) is 7.45. The average Bonchev–Trinajstić information content (AvgIpc) is 3.54. The average molecular weight is 479 g/mol. The molecule has 2 aliphatic carbocycles. The molecule has 1 aliphatic heterocycles. The lowest BCUT2D eigenvalue weighted by Gasteiger charge is -2.21. The van der Waals surface area contributed by atoms with Crippen molar-refractivity contribution in [2.24, 2.45) is 23.7 Å². The van der Waals surface area contributed by atoms with Gasteiger partial charge in [-0.05, 0) is 34.4 Å². The zero-order valence-electron chi connectivity index (χ0n) is 19.4. The molecule has 0 N–H and O–H groups in total. The molecule has 0 spiro atoms. The Labute approximate surface area is 207 Å². The van der Waals surface area contributed by atoms with Gasteiger partial charge in [0.15, 0.2) is 0 Å². The van der Waals surface area contributed by atoms with Gasteiger partial charge >= 0.3 is 0 Å². The number of imide groups is 1. The van der Waals surface area contributed by atoms with Crippen molar-refractivity contribution in [1.29, 1.82) is 0 Å². The first-order valence-corrected chi connectivity index (χ1v) is 11.7. The standard InChI is InChI=1S/C29H22N2O5/c1-36-19-12-15-22(23(16-19)31(34)35)30-28(32)26-20-13-14-21(27(26)29(30)33)25(20)24(17-8-4-2-5-9-17)18-10-6-3-7-11-18/h2-16,20-21,26-27H,1H3. The molecule has 7 nitrogen and oxygen atoms in total. The number of nitrogens with zero attached hydrogens (tertiary/aromatic N) is 2. The van der Waals surface area contributed by atoms with Gasteiger partial charge in [-0.25, -0.2) is 4.90 Å². The first kappa shape index (κ1) is 22.0. The Morgan fingerprint density at radius 2 is 1.36 bits per heavy atom. The van der Waals surface area contributed by atoms with E-state index in [9.17, 15) is 19.7 Å². The van der Waals surface area contributed by atoms with Gasteiger partial charge in [-0.3, -0.25) is 19.7 Å². The van der Waals surface area contributed by atoms with Crippen molar-refractivity contribution in [3.63, 3.8) is 0 Å². The predicted octanol–water partition coefficient (Wildman–Crippen LogP) is 5.03. The number of hydrogen-bond donors (Lipinski definition) is 0. The molecule has 7 heteroatoms. The van der Waals surface area contributed by atoms with E-state index in [2.05, 4.69) is 0 Å². The van der Waals surface area contributed by atoms with Gasteiger partial charge in [0, 0.05) is 11.8 Å². The minimum absolute atomic E-state index is 0.0125. The van der Waals surface area contributed by atoms with Gasteiger partial charge in [-0.15, -0.1) is 0 Å². The number of nitro groups is 1. The first-order chi connectivity index (χ1) is 17.5. The molecular formula is C29H22N2O5. The lowest BCUT2D eigenvalue weighted by Crippen LogP contribution is -2.33. The number of fused-ring (bicyclic) bond motifs is 5. The van der Waals surface area contributed by atoms with Crippen molar-refractivity contribution in [2.45, 2.75) is 0 Å². The highest BCUT2D eigenvalue weighted by atomic mass is 16.6. The van der Waals surface area contributed by atoms with Crippen molar-refractivity contribution >= 4 is 28.8 Å². The van der Waals surface area contributed by atoms with Gasteiger partial charge in [0.25, 0.3) is 5.69 Å². The van der Waals surface area contributed by atoms with Crippen molar-refractivity contribution in [3.8, 4) is 5.75 Å². The lowest BCUT2D eigenvalue weighted by atomic mass is 9.85. The second-order valence-electron chi connectivity index (χ2n) is 9.17. The molecule has 4 unspecified atom stereocenters. The van der Waals surface area contributed by atoms with Crippen LogP contribution >= 0.6 is 0 Å². The van der Waals surface area contributed by atoms with E-state index in [1.807, 2.05) is 72.8 Å². The van der Waals surface area contributed by atoms with E-state index in [1.165, 1.54) is 25.3 Å². The topological polar surface area (TPSA) is 89.8 Å². The Hall–Kier alpha value is -4.52. The normalized spacial score (nSPS) is 23.8. The quantitative estimate of drug-likeness (QED) is 0.222. The van der Waals surface area contributed by atoms with Gasteiger partial charge in [-0.2, -0.15) is 0 Å². The molecule has 3 aliphatic rings. The van der Waals surface area contributed by atoms with Crippen molar-refractivity contribution in [3.05, 3.63) is 118 Å². The van der Waals surface area contributed by atoms with E-state index < -0.39 is 28.6 Å². The van der Waals surface area contributed by atoms with E-state index >= 15 is 0 Å². The number of nitro benzene ring substituents is 1. The summed E-state index contributed by atoms with van der Waals surface area (Å²) in [6, 6.07) is 24.2. The second-order valence-corrected chi connectivity index (χ2v) is 9.17. The van der Waals surface area contributed by atoms with Crippen LogP contribution in [0.25, 0.3) is 5.57 Å². The van der Waals surface area contributed by atoms with Crippen molar-refractivity contribution in [2.75, 3.05) is 12.0 Å². The number of allylic oxidation sites excluding steroid dienone is 3. The highest BCUT2D eigenvalue weighted by molar-refractivity contribution is 6.24. The third-order valence-electron chi connectivity index (χ3n) is 7.45. The lowest BCUT2D eigenvalue weighted by molar-refractivity contribution is -0.384. The smallest absolute Gasteiger partial charge is 0.297 e. The number of amides is 2. The molecule has 178 valence electrons. The van der Waals surface area contributed by atoms with Crippen LogP contribution in [0.15, 0.2) is 96.6 Å².